The minimum atomic E-state index is -4.51. The molecule has 0 aromatic carbocycles. The number of hydrogen-bond donors (Lipinski definition) is 1. The summed E-state index contributed by atoms with van der Waals surface area (Å²) in [7, 11) is 0. The lowest BCUT2D eigenvalue weighted by Gasteiger charge is -2.29. The molecule has 3 nitrogen and oxygen atoms in total. The van der Waals surface area contributed by atoms with Crippen LogP contribution < -0.4 is 0 Å². The van der Waals surface area contributed by atoms with Gasteiger partial charge in [0.15, 0.2) is 0 Å². The molecule has 0 saturated carbocycles. The molecule has 1 amide bonds. The van der Waals surface area contributed by atoms with Crippen LogP contribution in [0, 0.1) is 5.41 Å². The van der Waals surface area contributed by atoms with Crippen LogP contribution in [0.3, 0.4) is 0 Å². The van der Waals surface area contributed by atoms with Crippen molar-refractivity contribution < 1.29 is 23.1 Å². The van der Waals surface area contributed by atoms with E-state index in [9.17, 15) is 18.0 Å². The highest BCUT2D eigenvalue weighted by Gasteiger charge is 2.58. The standard InChI is InChI=1S/C10H15ClF3NO2/c1-2-7(11)8(17)15-4-3-9(5-15,6-16)10(12,13)14/h7,16H,2-6H2,1H3/t7-,9+/m0/s1. The van der Waals surface area contributed by atoms with E-state index >= 15 is 0 Å². The van der Waals surface area contributed by atoms with Gasteiger partial charge in [0.25, 0.3) is 0 Å². The van der Waals surface area contributed by atoms with Gasteiger partial charge in [0.05, 0.1) is 6.61 Å². The number of likely N-dealkylation sites (tertiary alicyclic amines) is 1. The summed E-state index contributed by atoms with van der Waals surface area (Å²) in [6, 6.07) is 0. The number of carbonyl (C=O) groups excluding carboxylic acids is 1. The van der Waals surface area contributed by atoms with E-state index < -0.39 is 36.0 Å². The van der Waals surface area contributed by atoms with E-state index in [1.165, 1.54) is 0 Å². The quantitative estimate of drug-likeness (QED) is 0.797. The van der Waals surface area contributed by atoms with Gasteiger partial charge in [0.1, 0.15) is 10.8 Å². The van der Waals surface area contributed by atoms with E-state index in [0.29, 0.717) is 6.42 Å². The largest absolute Gasteiger partial charge is 0.398 e. The van der Waals surface area contributed by atoms with Gasteiger partial charge in [-0.2, -0.15) is 13.2 Å². The molecule has 0 radical (unpaired) electrons. The van der Waals surface area contributed by atoms with Crippen molar-refractivity contribution in [1.82, 2.24) is 4.90 Å². The summed E-state index contributed by atoms with van der Waals surface area (Å²) in [6.45, 7) is 0.172. The van der Waals surface area contributed by atoms with E-state index in [0.717, 1.165) is 4.90 Å². The zero-order valence-corrected chi connectivity index (χ0v) is 10.2. The predicted molar refractivity (Wildman–Crippen MR) is 56.7 cm³/mol. The minimum Gasteiger partial charge on any atom is -0.395 e. The highest BCUT2D eigenvalue weighted by molar-refractivity contribution is 6.30. The third kappa shape index (κ3) is 2.68. The fourth-order valence-corrected chi connectivity index (χ4v) is 2.02. The molecule has 0 aromatic heterocycles. The molecule has 1 heterocycles. The van der Waals surface area contributed by atoms with E-state index in [1.54, 1.807) is 6.92 Å². The molecule has 0 unspecified atom stereocenters. The molecule has 1 saturated heterocycles. The van der Waals surface area contributed by atoms with Crippen LogP contribution in [0.25, 0.3) is 0 Å². The number of nitrogens with zero attached hydrogens (tertiary/aromatic N) is 1. The summed E-state index contributed by atoms with van der Waals surface area (Å²) in [5, 5.41) is 8.16. The SMILES string of the molecule is CC[C@H](Cl)C(=O)N1CC[C@@](CO)(C(F)(F)F)C1. The van der Waals surface area contributed by atoms with Gasteiger partial charge >= 0.3 is 6.18 Å². The maximum atomic E-state index is 12.8. The fraction of sp³-hybridized carbons (Fsp3) is 0.900. The zero-order valence-electron chi connectivity index (χ0n) is 9.43. The third-order valence-electron chi connectivity index (χ3n) is 3.20. The Balaban J connectivity index is 2.78. The Hall–Kier alpha value is -0.490. The molecule has 1 rings (SSSR count). The van der Waals surface area contributed by atoms with Crippen LogP contribution in [0.5, 0.6) is 0 Å². The Morgan fingerprint density at radius 1 is 1.59 bits per heavy atom. The van der Waals surface area contributed by atoms with Crippen molar-refractivity contribution in [2.45, 2.75) is 31.3 Å². The van der Waals surface area contributed by atoms with Gasteiger partial charge in [-0.25, -0.2) is 0 Å². The Morgan fingerprint density at radius 2 is 2.18 bits per heavy atom. The smallest absolute Gasteiger partial charge is 0.395 e. The Labute approximate surface area is 103 Å². The number of carbonyl (C=O) groups is 1. The second-order valence-corrected chi connectivity index (χ2v) is 4.85. The number of rotatable bonds is 3. The molecule has 1 N–H and O–H groups in total. The molecule has 0 aliphatic carbocycles. The summed E-state index contributed by atoms with van der Waals surface area (Å²) in [5.74, 6) is -0.492. The zero-order chi connectivity index (χ0) is 13.3. The second-order valence-electron chi connectivity index (χ2n) is 4.32. The average molecular weight is 274 g/mol. The van der Waals surface area contributed by atoms with Gasteiger partial charge in [-0.3, -0.25) is 4.79 Å². The summed E-state index contributed by atoms with van der Waals surface area (Å²) in [6.07, 6.45) is -4.41. The highest BCUT2D eigenvalue weighted by atomic mass is 35.5. The van der Waals surface area contributed by atoms with Crippen molar-refractivity contribution in [3.8, 4) is 0 Å². The van der Waals surface area contributed by atoms with Gasteiger partial charge < -0.3 is 10.0 Å². The Morgan fingerprint density at radius 3 is 2.53 bits per heavy atom. The van der Waals surface area contributed by atoms with E-state index in [-0.39, 0.29) is 13.0 Å². The van der Waals surface area contributed by atoms with Crippen LogP contribution in [0.4, 0.5) is 13.2 Å². The number of alkyl halides is 4. The van der Waals surface area contributed by atoms with Crippen molar-refractivity contribution in [3.63, 3.8) is 0 Å². The molecule has 1 aliphatic rings. The van der Waals surface area contributed by atoms with Gasteiger partial charge in [-0.15, -0.1) is 11.6 Å². The maximum Gasteiger partial charge on any atom is 0.398 e. The summed E-state index contributed by atoms with van der Waals surface area (Å²) in [5.41, 5.74) is -2.19. The van der Waals surface area contributed by atoms with Crippen molar-refractivity contribution in [2.75, 3.05) is 19.7 Å². The Kier molecular flexibility index (Phi) is 4.30. The van der Waals surface area contributed by atoms with Crippen molar-refractivity contribution in [3.05, 3.63) is 0 Å². The first-order valence-corrected chi connectivity index (χ1v) is 5.81. The molecule has 0 spiro atoms. The van der Waals surface area contributed by atoms with Crippen LogP contribution in [0.1, 0.15) is 19.8 Å². The molecule has 1 fully saturated rings. The topological polar surface area (TPSA) is 40.5 Å². The van der Waals surface area contributed by atoms with Crippen LogP contribution in [-0.4, -0.2) is 47.2 Å². The van der Waals surface area contributed by atoms with Gasteiger partial charge in [-0.1, -0.05) is 6.92 Å². The normalized spacial score (nSPS) is 27.3. The molecule has 7 heteroatoms. The Bertz CT molecular complexity index is 298. The number of aliphatic hydroxyl groups excluding tert-OH is 1. The number of hydrogen-bond acceptors (Lipinski definition) is 2. The lowest BCUT2D eigenvalue weighted by molar-refractivity contribution is -0.230. The molecule has 100 valence electrons. The molecule has 0 aromatic rings. The van der Waals surface area contributed by atoms with E-state index in [2.05, 4.69) is 0 Å². The van der Waals surface area contributed by atoms with Crippen molar-refractivity contribution in [1.29, 1.82) is 0 Å². The first kappa shape index (κ1) is 14.6. The van der Waals surface area contributed by atoms with Gasteiger partial charge in [0.2, 0.25) is 5.91 Å². The van der Waals surface area contributed by atoms with Crippen molar-refractivity contribution in [2.24, 2.45) is 5.41 Å². The van der Waals surface area contributed by atoms with Crippen LogP contribution in [-0.2, 0) is 4.79 Å². The monoisotopic (exact) mass is 273 g/mol. The predicted octanol–water partition coefficient (Wildman–Crippen LogP) is 1.78. The maximum absolute atomic E-state index is 12.8. The number of aliphatic hydroxyl groups is 1. The second kappa shape index (κ2) is 5.02. The van der Waals surface area contributed by atoms with Crippen LogP contribution in [0.2, 0.25) is 0 Å². The van der Waals surface area contributed by atoms with Crippen LogP contribution in [0.15, 0.2) is 0 Å². The summed E-state index contributed by atoms with van der Waals surface area (Å²) >= 11 is 5.71. The van der Waals surface area contributed by atoms with E-state index in [1.807, 2.05) is 0 Å². The van der Waals surface area contributed by atoms with Crippen molar-refractivity contribution >= 4 is 17.5 Å². The minimum absolute atomic E-state index is 0.0118. The first-order chi connectivity index (χ1) is 7.77. The fourth-order valence-electron chi connectivity index (χ4n) is 1.88. The first-order valence-electron chi connectivity index (χ1n) is 5.38. The summed E-state index contributed by atoms with van der Waals surface area (Å²) in [4.78, 5) is 12.7. The molecular formula is C10H15ClF3NO2. The lowest BCUT2D eigenvalue weighted by Crippen LogP contribution is -2.45. The molecule has 2 atom stereocenters. The summed E-state index contributed by atoms with van der Waals surface area (Å²) < 4.78 is 38.4. The molecule has 1 aliphatic heterocycles. The lowest BCUT2D eigenvalue weighted by atomic mass is 9.87. The molecular weight excluding hydrogens is 259 g/mol. The third-order valence-corrected chi connectivity index (χ3v) is 3.69. The van der Waals surface area contributed by atoms with Gasteiger partial charge in [-0.05, 0) is 12.8 Å². The number of amides is 1. The van der Waals surface area contributed by atoms with E-state index in [4.69, 9.17) is 16.7 Å². The molecule has 17 heavy (non-hydrogen) atoms. The molecule has 0 bridgehead atoms. The highest BCUT2D eigenvalue weighted by Crippen LogP contribution is 2.45. The van der Waals surface area contributed by atoms with Gasteiger partial charge in [0, 0.05) is 13.1 Å². The number of halogens is 4. The average Bonchev–Trinajstić information content (AvgIpc) is 2.71. The van der Waals surface area contributed by atoms with Crippen LogP contribution >= 0.6 is 11.6 Å².